The molecule has 0 radical (unpaired) electrons. The average Bonchev–Trinajstić information content (AvgIpc) is 2.24. The minimum atomic E-state index is -0.247. The van der Waals surface area contributed by atoms with Gasteiger partial charge in [-0.15, -0.1) is 0 Å². The van der Waals surface area contributed by atoms with Crippen LogP contribution in [0.4, 0.5) is 4.39 Å². The van der Waals surface area contributed by atoms with Crippen LogP contribution >= 0.6 is 0 Å². The highest BCUT2D eigenvalue weighted by Gasteiger charge is 2.39. The number of hydrogen-bond acceptors (Lipinski definition) is 2. The normalized spacial score (nSPS) is 17.9. The summed E-state index contributed by atoms with van der Waals surface area (Å²) >= 11 is 0. The van der Waals surface area contributed by atoms with E-state index in [1.807, 2.05) is 6.07 Å². The van der Waals surface area contributed by atoms with Crippen molar-refractivity contribution in [3.8, 4) is 5.75 Å². The monoisotopic (exact) mass is 223 g/mol. The van der Waals surface area contributed by atoms with E-state index in [2.05, 4.69) is 0 Å². The standard InChI is InChI=1S/C13H18FNO/c1-16-12-9-10(14)3-4-11(12)13(7-8-15)5-2-6-13/h3-4,9H,2,5-8,15H2,1H3. The van der Waals surface area contributed by atoms with Crippen LogP contribution in [0.5, 0.6) is 5.75 Å². The van der Waals surface area contributed by atoms with E-state index in [0.717, 1.165) is 24.8 Å². The summed E-state index contributed by atoms with van der Waals surface area (Å²) < 4.78 is 18.4. The zero-order valence-electron chi connectivity index (χ0n) is 9.63. The molecule has 1 aromatic carbocycles. The molecule has 1 aliphatic rings. The van der Waals surface area contributed by atoms with E-state index in [0.29, 0.717) is 12.3 Å². The molecule has 0 amide bonds. The molecular weight excluding hydrogens is 205 g/mol. The van der Waals surface area contributed by atoms with Crippen molar-refractivity contribution in [3.05, 3.63) is 29.6 Å². The van der Waals surface area contributed by atoms with Crippen molar-refractivity contribution in [2.24, 2.45) is 5.73 Å². The Balaban J connectivity index is 2.37. The van der Waals surface area contributed by atoms with Gasteiger partial charge in [-0.05, 0) is 31.9 Å². The van der Waals surface area contributed by atoms with E-state index >= 15 is 0 Å². The second kappa shape index (κ2) is 4.42. The van der Waals surface area contributed by atoms with Crippen molar-refractivity contribution in [2.75, 3.05) is 13.7 Å². The van der Waals surface area contributed by atoms with Crippen LogP contribution < -0.4 is 10.5 Å². The maximum absolute atomic E-state index is 13.1. The third-order valence-corrected chi connectivity index (χ3v) is 3.67. The van der Waals surface area contributed by atoms with Gasteiger partial charge in [-0.1, -0.05) is 12.5 Å². The van der Waals surface area contributed by atoms with Crippen molar-refractivity contribution in [1.82, 2.24) is 0 Å². The third kappa shape index (κ3) is 1.80. The molecule has 1 fully saturated rings. The Morgan fingerprint density at radius 1 is 1.44 bits per heavy atom. The molecule has 0 aliphatic heterocycles. The maximum atomic E-state index is 13.1. The van der Waals surface area contributed by atoms with Crippen molar-refractivity contribution in [2.45, 2.75) is 31.1 Å². The van der Waals surface area contributed by atoms with E-state index in [1.54, 1.807) is 7.11 Å². The summed E-state index contributed by atoms with van der Waals surface area (Å²) in [7, 11) is 1.59. The first-order valence-corrected chi connectivity index (χ1v) is 5.76. The van der Waals surface area contributed by atoms with E-state index < -0.39 is 0 Å². The molecule has 3 heteroatoms. The number of hydrogen-bond donors (Lipinski definition) is 1. The maximum Gasteiger partial charge on any atom is 0.126 e. The zero-order chi connectivity index (χ0) is 11.6. The quantitative estimate of drug-likeness (QED) is 0.851. The number of ether oxygens (including phenoxy) is 1. The average molecular weight is 223 g/mol. The van der Waals surface area contributed by atoms with Crippen molar-refractivity contribution in [1.29, 1.82) is 0 Å². The van der Waals surface area contributed by atoms with Gasteiger partial charge in [0.25, 0.3) is 0 Å². The molecule has 0 bridgehead atoms. The summed E-state index contributed by atoms with van der Waals surface area (Å²) in [6.07, 6.45) is 4.44. The first kappa shape index (κ1) is 11.4. The molecule has 16 heavy (non-hydrogen) atoms. The predicted molar refractivity (Wildman–Crippen MR) is 62.2 cm³/mol. The summed E-state index contributed by atoms with van der Waals surface area (Å²) in [5.74, 6) is 0.413. The fourth-order valence-corrected chi connectivity index (χ4v) is 2.64. The number of nitrogens with two attached hydrogens (primary N) is 1. The third-order valence-electron chi connectivity index (χ3n) is 3.67. The summed E-state index contributed by atoms with van der Waals surface area (Å²) in [4.78, 5) is 0. The predicted octanol–water partition coefficient (Wildman–Crippen LogP) is 2.60. The Hall–Kier alpha value is -1.09. The van der Waals surface area contributed by atoms with Crippen LogP contribution in [0.25, 0.3) is 0 Å². The molecule has 2 rings (SSSR count). The highest BCUT2D eigenvalue weighted by molar-refractivity contribution is 5.41. The first-order chi connectivity index (χ1) is 7.72. The molecule has 0 spiro atoms. The summed E-state index contributed by atoms with van der Waals surface area (Å²) in [6, 6.07) is 4.82. The van der Waals surface area contributed by atoms with Gasteiger partial charge in [-0.25, -0.2) is 4.39 Å². The van der Waals surface area contributed by atoms with Gasteiger partial charge in [0.05, 0.1) is 7.11 Å². The molecule has 1 aromatic rings. The second-order valence-electron chi connectivity index (χ2n) is 4.52. The van der Waals surface area contributed by atoms with E-state index in [1.165, 1.54) is 18.6 Å². The lowest BCUT2D eigenvalue weighted by Gasteiger charge is -2.43. The van der Waals surface area contributed by atoms with E-state index in [9.17, 15) is 4.39 Å². The minimum absolute atomic E-state index is 0.133. The Morgan fingerprint density at radius 2 is 2.19 bits per heavy atom. The minimum Gasteiger partial charge on any atom is -0.496 e. The Bertz CT molecular complexity index is 374. The molecule has 0 unspecified atom stereocenters. The molecule has 0 aromatic heterocycles. The first-order valence-electron chi connectivity index (χ1n) is 5.76. The summed E-state index contributed by atoms with van der Waals surface area (Å²) in [5, 5.41) is 0. The Kier molecular flexibility index (Phi) is 3.15. The van der Waals surface area contributed by atoms with Crippen molar-refractivity contribution < 1.29 is 9.13 Å². The van der Waals surface area contributed by atoms with Gasteiger partial charge >= 0.3 is 0 Å². The fourth-order valence-electron chi connectivity index (χ4n) is 2.64. The molecule has 0 heterocycles. The highest BCUT2D eigenvalue weighted by atomic mass is 19.1. The van der Waals surface area contributed by atoms with Crippen LogP contribution in [0.1, 0.15) is 31.2 Å². The van der Waals surface area contributed by atoms with Gasteiger partial charge in [0.2, 0.25) is 0 Å². The van der Waals surface area contributed by atoms with Gasteiger partial charge in [0, 0.05) is 17.0 Å². The lowest BCUT2D eigenvalue weighted by atomic mass is 9.62. The molecule has 0 saturated heterocycles. The second-order valence-corrected chi connectivity index (χ2v) is 4.52. The molecule has 1 aliphatic carbocycles. The van der Waals surface area contributed by atoms with Crippen LogP contribution in [0, 0.1) is 5.82 Å². The smallest absolute Gasteiger partial charge is 0.126 e. The van der Waals surface area contributed by atoms with Gasteiger partial charge < -0.3 is 10.5 Å². The largest absolute Gasteiger partial charge is 0.496 e. The molecule has 2 nitrogen and oxygen atoms in total. The van der Waals surface area contributed by atoms with Crippen molar-refractivity contribution >= 4 is 0 Å². The fraction of sp³-hybridized carbons (Fsp3) is 0.538. The Labute approximate surface area is 95.6 Å². The topological polar surface area (TPSA) is 35.2 Å². The number of rotatable bonds is 4. The summed E-state index contributed by atoms with van der Waals surface area (Å²) in [5.41, 5.74) is 6.92. The van der Waals surface area contributed by atoms with Crippen LogP contribution in [0.3, 0.4) is 0 Å². The number of benzene rings is 1. The van der Waals surface area contributed by atoms with Crippen LogP contribution in [-0.2, 0) is 5.41 Å². The van der Waals surface area contributed by atoms with E-state index in [-0.39, 0.29) is 11.2 Å². The summed E-state index contributed by atoms with van der Waals surface area (Å²) in [6.45, 7) is 0.667. The van der Waals surface area contributed by atoms with Crippen LogP contribution in [0.2, 0.25) is 0 Å². The lowest BCUT2D eigenvalue weighted by molar-refractivity contribution is 0.221. The van der Waals surface area contributed by atoms with E-state index in [4.69, 9.17) is 10.5 Å². The Morgan fingerprint density at radius 3 is 2.69 bits per heavy atom. The zero-order valence-corrected chi connectivity index (χ0v) is 9.63. The van der Waals surface area contributed by atoms with Gasteiger partial charge in [-0.3, -0.25) is 0 Å². The molecule has 1 saturated carbocycles. The van der Waals surface area contributed by atoms with Crippen LogP contribution in [0.15, 0.2) is 18.2 Å². The molecular formula is C13H18FNO. The molecule has 0 atom stereocenters. The highest BCUT2D eigenvalue weighted by Crippen LogP contribution is 2.49. The lowest BCUT2D eigenvalue weighted by Crippen LogP contribution is -2.36. The van der Waals surface area contributed by atoms with Crippen LogP contribution in [-0.4, -0.2) is 13.7 Å². The van der Waals surface area contributed by atoms with Gasteiger partial charge in [-0.2, -0.15) is 0 Å². The number of halogens is 1. The SMILES string of the molecule is COc1cc(F)ccc1C1(CCN)CCC1. The van der Waals surface area contributed by atoms with Crippen molar-refractivity contribution in [3.63, 3.8) is 0 Å². The molecule has 88 valence electrons. The van der Waals surface area contributed by atoms with Gasteiger partial charge in [0.15, 0.2) is 0 Å². The van der Waals surface area contributed by atoms with Gasteiger partial charge in [0.1, 0.15) is 11.6 Å². The molecule has 2 N–H and O–H groups in total. The number of methoxy groups -OCH3 is 1.